The van der Waals surface area contributed by atoms with Gasteiger partial charge in [-0.2, -0.15) is 10.4 Å². The van der Waals surface area contributed by atoms with Gasteiger partial charge in [0.25, 0.3) is 11.8 Å². The number of rotatable bonds is 5. The molecule has 10 nitrogen and oxygen atoms in total. The normalized spacial score (nSPS) is 14.2. The van der Waals surface area contributed by atoms with E-state index in [4.69, 9.17) is 22.6 Å². The van der Waals surface area contributed by atoms with E-state index in [0.717, 1.165) is 27.6 Å². The number of aryl methyl sites for hydroxylation is 1. The molecule has 0 saturated heterocycles. The lowest BCUT2D eigenvalue weighted by molar-refractivity contribution is 0.0734. The quantitative estimate of drug-likeness (QED) is 0.185. The molecule has 35 heavy (non-hydrogen) atoms. The van der Waals surface area contributed by atoms with E-state index in [2.05, 4.69) is 25.8 Å². The molecule has 0 radical (unpaired) electrons. The van der Waals surface area contributed by atoms with E-state index in [-0.39, 0.29) is 30.4 Å². The Labute approximate surface area is 207 Å². The number of hydrogen-bond acceptors (Lipinski definition) is 5. The predicted molar refractivity (Wildman–Crippen MR) is 133 cm³/mol. The second-order valence-electron chi connectivity index (χ2n) is 8.51. The van der Waals surface area contributed by atoms with Gasteiger partial charge in [0.2, 0.25) is 5.96 Å². The Bertz CT molecular complexity index is 1370. The maximum atomic E-state index is 13.1. The van der Waals surface area contributed by atoms with Crippen LogP contribution in [0, 0.1) is 18.4 Å². The Morgan fingerprint density at radius 2 is 2.20 bits per heavy atom. The largest absolute Gasteiger partial charge is 0.369 e. The number of H-pyrrole nitrogens is 1. The van der Waals surface area contributed by atoms with Crippen LogP contribution in [0.3, 0.4) is 0 Å². The van der Waals surface area contributed by atoms with Gasteiger partial charge in [-0.25, -0.2) is 0 Å². The fourth-order valence-corrected chi connectivity index (χ4v) is 4.66. The molecule has 0 aliphatic carbocycles. The monoisotopic (exact) mass is 492 g/mol. The van der Waals surface area contributed by atoms with Crippen LogP contribution in [0.1, 0.15) is 44.3 Å². The summed E-state index contributed by atoms with van der Waals surface area (Å²) in [6.45, 7) is 4.72. The number of aromatic nitrogens is 2. The standard InChI is InChI=1S/C24H25ClN8O2/c1-13-7-17-11-33(23(35)15-3-4-16-10-30-32-19(16)8-15)6-5-18(17)21(25)20(13)22(34)31-14(2)9-28-24(27)29-12-26/h3-4,7-8,10,14H,5-6,9,11H2,1-2H3,(H,30,32)(H,31,34)(H3,27,28,29)/t14-/m1/s1. The van der Waals surface area contributed by atoms with Crippen molar-refractivity contribution in [1.29, 1.82) is 5.26 Å². The van der Waals surface area contributed by atoms with Crippen molar-refractivity contribution >= 4 is 40.3 Å². The van der Waals surface area contributed by atoms with Crippen molar-refractivity contribution in [3.8, 4) is 6.19 Å². The zero-order chi connectivity index (χ0) is 25.1. The lowest BCUT2D eigenvalue weighted by atomic mass is 9.93. The van der Waals surface area contributed by atoms with Gasteiger partial charge in [-0.15, -0.1) is 0 Å². The van der Waals surface area contributed by atoms with Crippen molar-refractivity contribution in [2.75, 3.05) is 13.1 Å². The highest BCUT2D eigenvalue weighted by Gasteiger charge is 2.27. The molecule has 1 aromatic heterocycles. The molecule has 3 aromatic rings. The summed E-state index contributed by atoms with van der Waals surface area (Å²) in [5.41, 5.74) is 9.88. The van der Waals surface area contributed by atoms with Gasteiger partial charge in [-0.1, -0.05) is 23.7 Å². The topological polar surface area (TPSA) is 152 Å². The van der Waals surface area contributed by atoms with Crippen LogP contribution in [-0.2, 0) is 13.0 Å². The minimum absolute atomic E-state index is 0.0137. The molecular formula is C24H25ClN8O2. The summed E-state index contributed by atoms with van der Waals surface area (Å²) in [4.78, 5) is 31.9. The Kier molecular flexibility index (Phi) is 6.89. The number of hydrogen-bond donors (Lipinski definition) is 4. The van der Waals surface area contributed by atoms with Crippen molar-refractivity contribution in [2.24, 2.45) is 10.7 Å². The van der Waals surface area contributed by atoms with Crippen LogP contribution in [0.5, 0.6) is 0 Å². The molecule has 2 heterocycles. The lowest BCUT2D eigenvalue weighted by Crippen LogP contribution is -2.38. The summed E-state index contributed by atoms with van der Waals surface area (Å²) in [7, 11) is 0. The molecular weight excluding hydrogens is 468 g/mol. The van der Waals surface area contributed by atoms with Crippen molar-refractivity contribution in [3.63, 3.8) is 0 Å². The van der Waals surface area contributed by atoms with Crippen molar-refractivity contribution in [2.45, 2.75) is 32.9 Å². The van der Waals surface area contributed by atoms with E-state index in [1.807, 2.05) is 19.1 Å². The van der Waals surface area contributed by atoms with Gasteiger partial charge >= 0.3 is 0 Å². The molecule has 2 amide bonds. The van der Waals surface area contributed by atoms with Gasteiger partial charge in [0.1, 0.15) is 0 Å². The smallest absolute Gasteiger partial charge is 0.254 e. The van der Waals surface area contributed by atoms with Crippen LogP contribution >= 0.6 is 11.6 Å². The summed E-state index contributed by atoms with van der Waals surface area (Å²) < 4.78 is 0. The molecule has 1 aliphatic heterocycles. The second-order valence-corrected chi connectivity index (χ2v) is 8.88. The van der Waals surface area contributed by atoms with Crippen LogP contribution in [0.4, 0.5) is 0 Å². The van der Waals surface area contributed by atoms with Crippen molar-refractivity contribution in [1.82, 2.24) is 25.7 Å². The Hall–Kier alpha value is -4.10. The molecule has 0 bridgehead atoms. The highest BCUT2D eigenvalue weighted by atomic mass is 35.5. The van der Waals surface area contributed by atoms with Crippen LogP contribution in [-0.4, -0.2) is 52.0 Å². The first-order valence-corrected chi connectivity index (χ1v) is 11.5. The SMILES string of the molecule is Cc1cc2c(c(Cl)c1C(=O)N[C@H](C)CN=C(N)NC#N)CCN(C(=O)c1ccc3cn[nH]c3c1)C2. The zero-order valence-corrected chi connectivity index (χ0v) is 20.1. The summed E-state index contributed by atoms with van der Waals surface area (Å²) in [6.07, 6.45) is 3.95. The second kappa shape index (κ2) is 10.0. The maximum absolute atomic E-state index is 13.1. The van der Waals surface area contributed by atoms with Crippen LogP contribution in [0.25, 0.3) is 10.9 Å². The number of halogens is 1. The number of aliphatic imine (C=N–C) groups is 1. The average molecular weight is 493 g/mol. The third-order valence-electron chi connectivity index (χ3n) is 5.95. The van der Waals surface area contributed by atoms with Crippen molar-refractivity contribution < 1.29 is 9.59 Å². The van der Waals surface area contributed by atoms with E-state index in [9.17, 15) is 9.59 Å². The van der Waals surface area contributed by atoms with Gasteiger partial charge < -0.3 is 16.0 Å². The van der Waals surface area contributed by atoms with Crippen LogP contribution in [0.15, 0.2) is 35.5 Å². The number of carbonyl (C=O) groups is 2. The van der Waals surface area contributed by atoms with E-state index >= 15 is 0 Å². The fraction of sp³-hybridized carbons (Fsp3) is 0.292. The number of nitrogens with one attached hydrogen (secondary N) is 3. The molecule has 0 spiro atoms. The lowest BCUT2D eigenvalue weighted by Gasteiger charge is -2.31. The number of benzene rings is 2. The minimum atomic E-state index is -0.326. The highest BCUT2D eigenvalue weighted by Crippen LogP contribution is 2.32. The molecule has 0 fully saturated rings. The summed E-state index contributed by atoms with van der Waals surface area (Å²) in [5, 5.41) is 21.9. The van der Waals surface area contributed by atoms with Crippen LogP contribution in [0.2, 0.25) is 5.02 Å². The molecule has 1 aliphatic rings. The van der Waals surface area contributed by atoms with E-state index in [1.165, 1.54) is 0 Å². The van der Waals surface area contributed by atoms with Crippen molar-refractivity contribution in [3.05, 3.63) is 63.3 Å². The minimum Gasteiger partial charge on any atom is -0.369 e. The molecule has 5 N–H and O–H groups in total. The summed E-state index contributed by atoms with van der Waals surface area (Å²) in [6, 6.07) is 7.08. The number of aromatic amines is 1. The zero-order valence-electron chi connectivity index (χ0n) is 19.4. The predicted octanol–water partition coefficient (Wildman–Crippen LogP) is 2.23. The number of nitriles is 1. The van der Waals surface area contributed by atoms with E-state index in [0.29, 0.717) is 35.7 Å². The third-order valence-corrected chi connectivity index (χ3v) is 6.37. The van der Waals surface area contributed by atoms with Gasteiger partial charge in [0.05, 0.1) is 28.8 Å². The number of carbonyl (C=O) groups excluding carboxylic acids is 2. The molecule has 1 atom stereocenters. The molecule has 2 aromatic carbocycles. The number of nitrogens with two attached hydrogens (primary N) is 1. The first-order valence-electron chi connectivity index (χ1n) is 11.1. The average Bonchev–Trinajstić information content (AvgIpc) is 3.30. The first kappa shape index (κ1) is 24.0. The molecule has 11 heteroatoms. The Morgan fingerprint density at radius 1 is 1.40 bits per heavy atom. The van der Waals surface area contributed by atoms with Gasteiger partial charge in [-0.3, -0.25) is 25.0 Å². The number of amides is 2. The number of nitrogens with zero attached hydrogens (tertiary/aromatic N) is 4. The first-order chi connectivity index (χ1) is 16.8. The molecule has 4 rings (SSSR count). The van der Waals surface area contributed by atoms with E-state index < -0.39 is 0 Å². The molecule has 180 valence electrons. The third kappa shape index (κ3) is 5.05. The van der Waals surface area contributed by atoms with Crippen LogP contribution < -0.4 is 16.4 Å². The van der Waals surface area contributed by atoms with Gasteiger partial charge in [-0.05, 0) is 49.1 Å². The Morgan fingerprint density at radius 3 is 2.97 bits per heavy atom. The molecule has 0 unspecified atom stereocenters. The maximum Gasteiger partial charge on any atom is 0.254 e. The van der Waals surface area contributed by atoms with Gasteiger partial charge in [0, 0.05) is 30.1 Å². The fourth-order valence-electron chi connectivity index (χ4n) is 4.21. The van der Waals surface area contributed by atoms with Gasteiger partial charge in [0.15, 0.2) is 6.19 Å². The molecule has 0 saturated carbocycles. The Balaban J connectivity index is 1.49. The summed E-state index contributed by atoms with van der Waals surface area (Å²) >= 11 is 6.71. The van der Waals surface area contributed by atoms with E-state index in [1.54, 1.807) is 36.3 Å². The number of guanidine groups is 1. The highest BCUT2D eigenvalue weighted by molar-refractivity contribution is 6.35. The summed E-state index contributed by atoms with van der Waals surface area (Å²) in [5.74, 6) is -0.390. The number of fused-ring (bicyclic) bond motifs is 2.